The van der Waals surface area contributed by atoms with Gasteiger partial charge in [-0.2, -0.15) is 4.98 Å². The minimum atomic E-state index is -0.878. The summed E-state index contributed by atoms with van der Waals surface area (Å²) < 4.78 is 30.1. The molecule has 46 heavy (non-hydrogen) atoms. The molecule has 3 rings (SSSR count). The highest BCUT2D eigenvalue weighted by atomic mass is 19.1. The molecule has 0 aliphatic carbocycles. The number of aromatic nitrogens is 2. The Balaban J connectivity index is 0.00000361. The molecular weight excluding hydrogens is 582 g/mol. The summed E-state index contributed by atoms with van der Waals surface area (Å²) in [5.74, 6) is -1.03. The van der Waals surface area contributed by atoms with Gasteiger partial charge in [0.1, 0.15) is 17.3 Å². The molecule has 1 heterocycles. The first-order valence-electron chi connectivity index (χ1n) is 16.3. The molecule has 1 amide bonds. The smallest absolute Gasteiger partial charge is 0.225 e. The molecule has 0 saturated carbocycles. The summed E-state index contributed by atoms with van der Waals surface area (Å²) in [6.07, 6.45) is 4.75. The van der Waals surface area contributed by atoms with Crippen molar-refractivity contribution in [3.05, 3.63) is 77.4 Å². The lowest BCUT2D eigenvalue weighted by Gasteiger charge is -2.24. The number of carbonyl (C=O) groups excluding carboxylic acids is 1. The first-order chi connectivity index (χ1) is 22.1. The number of para-hydroxylation sites is 1. The van der Waals surface area contributed by atoms with Gasteiger partial charge >= 0.3 is 0 Å². The Hall–Kier alpha value is -4.11. The lowest BCUT2D eigenvalue weighted by atomic mass is 9.96. The minimum absolute atomic E-state index is 0.0635. The lowest BCUT2D eigenvalue weighted by molar-refractivity contribution is -0.106. The van der Waals surface area contributed by atoms with Crippen LogP contribution in [-0.2, 0) is 4.79 Å². The Labute approximate surface area is 274 Å². The molecule has 1 atom stereocenters. The summed E-state index contributed by atoms with van der Waals surface area (Å²) in [4.78, 5) is 25.4. The Bertz CT molecular complexity index is 1450. The van der Waals surface area contributed by atoms with Gasteiger partial charge in [-0.1, -0.05) is 78.5 Å². The topological polar surface area (TPSA) is 73.4 Å². The summed E-state index contributed by atoms with van der Waals surface area (Å²) >= 11 is 0. The highest BCUT2D eigenvalue weighted by Gasteiger charge is 2.25. The third-order valence-corrected chi connectivity index (χ3v) is 7.84. The number of anilines is 3. The second-order valence-electron chi connectivity index (χ2n) is 11.2. The molecule has 0 radical (unpaired) electrons. The summed E-state index contributed by atoms with van der Waals surface area (Å²) in [5.41, 5.74) is 3.83. The molecule has 1 aromatic heterocycles. The number of hydrogen-bond donors (Lipinski definition) is 2. The fourth-order valence-electron chi connectivity index (χ4n) is 4.81. The third kappa shape index (κ3) is 9.69. The number of nitrogens with one attached hydrogen (secondary N) is 2. The quantitative estimate of drug-likeness (QED) is 0.121. The number of amides is 1. The molecule has 0 bridgehead atoms. The summed E-state index contributed by atoms with van der Waals surface area (Å²) in [6.45, 7) is 26.1. The first-order valence-corrected chi connectivity index (χ1v) is 16.3. The van der Waals surface area contributed by atoms with Crippen molar-refractivity contribution in [1.29, 1.82) is 0 Å². The molecule has 2 N–H and O–H groups in total. The van der Waals surface area contributed by atoms with E-state index in [9.17, 15) is 4.79 Å². The van der Waals surface area contributed by atoms with Crippen molar-refractivity contribution in [2.75, 3.05) is 36.4 Å². The largest absolute Gasteiger partial charge is 0.382 e. The molecule has 0 spiro atoms. The number of hydrogen-bond acceptors (Lipinski definition) is 6. The van der Waals surface area contributed by atoms with Crippen molar-refractivity contribution in [3.63, 3.8) is 0 Å². The predicted octanol–water partition coefficient (Wildman–Crippen LogP) is 8.83. The van der Waals surface area contributed by atoms with E-state index in [1.165, 1.54) is 6.07 Å². The third-order valence-electron chi connectivity index (χ3n) is 7.84. The molecule has 0 aliphatic heterocycles. The zero-order valence-corrected chi connectivity index (χ0v) is 29.0. The van der Waals surface area contributed by atoms with Gasteiger partial charge in [-0.05, 0) is 82.1 Å². The maximum Gasteiger partial charge on any atom is 0.225 e. The Morgan fingerprint density at radius 1 is 1.04 bits per heavy atom. The zero-order valence-electron chi connectivity index (χ0n) is 29.0. The average molecular weight is 635 g/mol. The van der Waals surface area contributed by atoms with Crippen LogP contribution < -0.4 is 15.5 Å². The molecule has 9 heteroatoms. The fraction of sp³-hybridized carbons (Fsp3) is 0.432. The molecule has 250 valence electrons. The van der Waals surface area contributed by atoms with Crippen molar-refractivity contribution in [2.24, 2.45) is 5.92 Å². The van der Waals surface area contributed by atoms with E-state index in [0.29, 0.717) is 30.1 Å². The fourth-order valence-corrected chi connectivity index (χ4v) is 4.81. The van der Waals surface area contributed by atoms with Gasteiger partial charge < -0.3 is 15.5 Å². The molecular formula is C37H52F2N6O. The van der Waals surface area contributed by atoms with E-state index < -0.39 is 17.3 Å². The van der Waals surface area contributed by atoms with E-state index in [-0.39, 0.29) is 17.8 Å². The van der Waals surface area contributed by atoms with Crippen LogP contribution in [0, 0.1) is 24.5 Å². The number of benzene rings is 2. The van der Waals surface area contributed by atoms with Crippen LogP contribution in [0.3, 0.4) is 0 Å². The Kier molecular flexibility index (Phi) is 15.5. The van der Waals surface area contributed by atoms with E-state index in [1.807, 2.05) is 45.9 Å². The maximum atomic E-state index is 15.0. The van der Waals surface area contributed by atoms with Crippen LogP contribution >= 0.6 is 0 Å². The predicted molar refractivity (Wildman–Crippen MR) is 190 cm³/mol. The lowest BCUT2D eigenvalue weighted by Crippen LogP contribution is -2.29. The van der Waals surface area contributed by atoms with E-state index in [1.54, 1.807) is 12.2 Å². The highest BCUT2D eigenvalue weighted by Crippen LogP contribution is 2.38. The molecule has 0 unspecified atom stereocenters. The Morgan fingerprint density at radius 2 is 1.70 bits per heavy atom. The second kappa shape index (κ2) is 18.8. The molecule has 2 aromatic carbocycles. The average Bonchev–Trinajstić information content (AvgIpc) is 3.04. The molecule has 7 nitrogen and oxygen atoms in total. The standard InChI is InChI=1S/C35H46F2N6O.C2H6/c1-9-14-28-32(29-21-27(18-17-24(29)6)26(8)39-25(7)23(4)5)40-35(38-19-13-20-42(10-2)11-3)41-34(28)43(22-44)33-30(36)15-12-16-31(33)37;1-2/h9,12,14-18,21-23,25,39H,8,10-11,13,19-20H2,1-7H3,(H,38,40,41);1-2H3/b14-9-;/t25-;/m0./s1. The van der Waals surface area contributed by atoms with Crippen molar-refractivity contribution < 1.29 is 13.6 Å². The Morgan fingerprint density at radius 3 is 2.26 bits per heavy atom. The van der Waals surface area contributed by atoms with E-state index in [2.05, 4.69) is 61.7 Å². The van der Waals surface area contributed by atoms with Gasteiger partial charge in [0.25, 0.3) is 0 Å². The summed E-state index contributed by atoms with van der Waals surface area (Å²) in [5, 5.41) is 6.77. The second-order valence-corrected chi connectivity index (χ2v) is 11.2. The van der Waals surface area contributed by atoms with Gasteiger partial charge in [-0.25, -0.2) is 13.8 Å². The molecule has 0 aliphatic rings. The van der Waals surface area contributed by atoms with Crippen LogP contribution in [0.25, 0.3) is 23.0 Å². The number of allylic oxidation sites excluding steroid dienone is 1. The molecule has 3 aromatic rings. The number of halogens is 2. The van der Waals surface area contributed by atoms with Crippen molar-refractivity contribution in [3.8, 4) is 11.3 Å². The zero-order chi connectivity index (χ0) is 34.4. The summed E-state index contributed by atoms with van der Waals surface area (Å²) in [7, 11) is 0. The highest BCUT2D eigenvalue weighted by molar-refractivity contribution is 5.93. The van der Waals surface area contributed by atoms with Gasteiger partial charge in [0.2, 0.25) is 12.4 Å². The summed E-state index contributed by atoms with van der Waals surface area (Å²) in [6, 6.07) is 9.68. The van der Waals surface area contributed by atoms with Crippen molar-refractivity contribution >= 4 is 35.6 Å². The number of aryl methyl sites for hydroxylation is 1. The van der Waals surface area contributed by atoms with Crippen LogP contribution in [-0.4, -0.2) is 53.5 Å². The number of rotatable bonds is 16. The SMILES string of the molecule is C=C(N[C@@H](C)C(C)C)c1ccc(C)c(-c2nc(NCCCN(CC)CC)nc(N(C=O)c3c(F)cccc3F)c2/C=C\C)c1.CC. The van der Waals surface area contributed by atoms with E-state index in [4.69, 9.17) is 4.98 Å². The van der Waals surface area contributed by atoms with Gasteiger partial charge in [0.05, 0.1) is 5.69 Å². The molecule has 0 fully saturated rings. The van der Waals surface area contributed by atoms with Gasteiger partial charge in [-0.3, -0.25) is 9.69 Å². The number of carbonyl (C=O) groups is 1. The van der Waals surface area contributed by atoms with E-state index in [0.717, 1.165) is 65.5 Å². The minimum Gasteiger partial charge on any atom is -0.382 e. The van der Waals surface area contributed by atoms with Gasteiger partial charge in [-0.15, -0.1) is 0 Å². The van der Waals surface area contributed by atoms with Gasteiger partial charge in [0.15, 0.2) is 5.82 Å². The van der Waals surface area contributed by atoms with Gasteiger partial charge in [0, 0.05) is 29.4 Å². The van der Waals surface area contributed by atoms with Crippen molar-refractivity contribution in [1.82, 2.24) is 20.2 Å². The van der Waals surface area contributed by atoms with E-state index >= 15 is 8.78 Å². The molecule has 0 saturated heterocycles. The van der Waals surface area contributed by atoms with Crippen molar-refractivity contribution in [2.45, 2.75) is 74.8 Å². The normalized spacial score (nSPS) is 11.8. The van der Waals surface area contributed by atoms with Crippen LogP contribution in [0.2, 0.25) is 0 Å². The first kappa shape index (κ1) is 38.1. The van der Waals surface area contributed by atoms with Crippen LogP contribution in [0.4, 0.5) is 26.2 Å². The maximum absolute atomic E-state index is 15.0. The van der Waals surface area contributed by atoms with Crippen LogP contribution in [0.1, 0.15) is 78.5 Å². The van der Waals surface area contributed by atoms with Crippen LogP contribution in [0.15, 0.2) is 49.1 Å². The number of nitrogens with zero attached hydrogens (tertiary/aromatic N) is 4. The van der Waals surface area contributed by atoms with Crippen LogP contribution in [0.5, 0.6) is 0 Å². The monoisotopic (exact) mass is 634 g/mol.